The molecule has 0 bridgehead atoms. The Morgan fingerprint density at radius 1 is 1.25 bits per heavy atom. The van der Waals surface area contributed by atoms with E-state index in [1.165, 1.54) is 25.7 Å². The van der Waals surface area contributed by atoms with Crippen LogP contribution in [0, 0.1) is 5.92 Å². The first-order valence-electron chi connectivity index (χ1n) is 6.01. The van der Waals surface area contributed by atoms with Crippen LogP contribution in [0.1, 0.15) is 38.5 Å². The van der Waals surface area contributed by atoms with Crippen LogP contribution in [0.3, 0.4) is 0 Å². The summed E-state index contributed by atoms with van der Waals surface area (Å²) in [5.74, 6) is 1.50. The zero-order chi connectivity index (χ0) is 11.4. The Kier molecular flexibility index (Phi) is 3.77. The first-order chi connectivity index (χ1) is 7.78. The van der Waals surface area contributed by atoms with E-state index in [0.717, 1.165) is 5.92 Å². The lowest BCUT2D eigenvalue weighted by Crippen LogP contribution is -2.25. The normalized spacial score (nSPS) is 25.6. The molecule has 0 unspecified atom stereocenters. The molecule has 1 aromatic rings. The first-order valence-corrected chi connectivity index (χ1v) is 6.01. The number of hydrogen-bond donors (Lipinski definition) is 2. The van der Waals surface area contributed by atoms with Crippen molar-refractivity contribution in [3.8, 4) is 0 Å². The zero-order valence-electron chi connectivity index (χ0n) is 9.99. The summed E-state index contributed by atoms with van der Waals surface area (Å²) in [4.78, 5) is 0. The van der Waals surface area contributed by atoms with Crippen LogP contribution in [0.4, 0.5) is 6.01 Å². The van der Waals surface area contributed by atoms with Gasteiger partial charge in [0, 0.05) is 6.04 Å². The highest BCUT2D eigenvalue weighted by molar-refractivity contribution is 5.19. The van der Waals surface area contributed by atoms with E-state index in [-0.39, 0.29) is 0 Å². The van der Waals surface area contributed by atoms with Crippen molar-refractivity contribution >= 4 is 6.01 Å². The fraction of sp³-hybridized carbons (Fsp3) is 0.818. The second-order valence-electron chi connectivity index (χ2n) is 4.63. The molecule has 0 aromatic carbocycles. The number of anilines is 1. The number of nitrogens with zero attached hydrogens (tertiary/aromatic N) is 2. The van der Waals surface area contributed by atoms with Gasteiger partial charge in [-0.1, -0.05) is 12.0 Å². The van der Waals surface area contributed by atoms with E-state index in [1.807, 2.05) is 7.05 Å². The van der Waals surface area contributed by atoms with Crippen LogP contribution in [-0.2, 0) is 6.54 Å². The fourth-order valence-electron chi connectivity index (χ4n) is 2.11. The first kappa shape index (κ1) is 11.4. The molecule has 1 aliphatic rings. The molecule has 1 fully saturated rings. The monoisotopic (exact) mass is 224 g/mol. The molecule has 5 nitrogen and oxygen atoms in total. The molecule has 1 aromatic heterocycles. The van der Waals surface area contributed by atoms with Crippen molar-refractivity contribution in [1.82, 2.24) is 15.5 Å². The molecule has 0 radical (unpaired) electrons. The third-order valence-electron chi connectivity index (χ3n) is 3.14. The Hall–Kier alpha value is -1.10. The smallest absolute Gasteiger partial charge is 0.315 e. The molecular weight excluding hydrogens is 204 g/mol. The molecule has 2 rings (SSSR count). The number of rotatable bonds is 4. The predicted octanol–water partition coefficient (Wildman–Crippen LogP) is 1.78. The van der Waals surface area contributed by atoms with Crippen molar-refractivity contribution < 1.29 is 4.42 Å². The van der Waals surface area contributed by atoms with Crippen LogP contribution >= 0.6 is 0 Å². The predicted molar refractivity (Wildman–Crippen MR) is 62.1 cm³/mol. The van der Waals surface area contributed by atoms with Crippen LogP contribution in [0.2, 0.25) is 0 Å². The van der Waals surface area contributed by atoms with Gasteiger partial charge in [-0.25, -0.2) is 0 Å². The van der Waals surface area contributed by atoms with E-state index in [2.05, 4.69) is 27.8 Å². The van der Waals surface area contributed by atoms with Gasteiger partial charge in [-0.3, -0.25) is 0 Å². The molecule has 0 aliphatic heterocycles. The number of hydrogen-bond acceptors (Lipinski definition) is 5. The largest absolute Gasteiger partial charge is 0.407 e. The van der Waals surface area contributed by atoms with Crippen LogP contribution in [0.15, 0.2) is 4.42 Å². The summed E-state index contributed by atoms with van der Waals surface area (Å²) in [6.45, 7) is 2.93. The summed E-state index contributed by atoms with van der Waals surface area (Å²) in [5.41, 5.74) is 0. The van der Waals surface area contributed by atoms with E-state index in [0.29, 0.717) is 24.5 Å². The Balaban J connectivity index is 1.83. The highest BCUT2D eigenvalue weighted by Gasteiger charge is 2.19. The average Bonchev–Trinajstić information content (AvgIpc) is 2.70. The minimum atomic E-state index is 0.499. The van der Waals surface area contributed by atoms with Gasteiger partial charge in [0.15, 0.2) is 0 Å². The number of nitrogens with one attached hydrogen (secondary N) is 2. The summed E-state index contributed by atoms with van der Waals surface area (Å²) in [6, 6.07) is 1.06. The summed E-state index contributed by atoms with van der Waals surface area (Å²) >= 11 is 0. The second-order valence-corrected chi connectivity index (χ2v) is 4.63. The fourth-order valence-corrected chi connectivity index (χ4v) is 2.11. The van der Waals surface area contributed by atoms with E-state index in [1.54, 1.807) is 0 Å². The molecule has 0 spiro atoms. The number of aromatic nitrogens is 2. The summed E-state index contributed by atoms with van der Waals surface area (Å²) in [5, 5.41) is 14.2. The maximum Gasteiger partial charge on any atom is 0.315 e. The van der Waals surface area contributed by atoms with Crippen molar-refractivity contribution in [3.63, 3.8) is 0 Å². The Bertz CT molecular complexity index is 318. The molecule has 0 atom stereocenters. The zero-order valence-corrected chi connectivity index (χ0v) is 9.99. The molecule has 5 heteroatoms. The van der Waals surface area contributed by atoms with Gasteiger partial charge in [-0.2, -0.15) is 0 Å². The van der Waals surface area contributed by atoms with Crippen molar-refractivity contribution in [1.29, 1.82) is 0 Å². The average molecular weight is 224 g/mol. The quantitative estimate of drug-likeness (QED) is 0.816. The van der Waals surface area contributed by atoms with Crippen molar-refractivity contribution in [2.45, 2.75) is 45.2 Å². The standard InChI is InChI=1S/C11H20N4O/c1-8-3-5-9(6-4-8)13-11-15-14-10(16-11)7-12-2/h8-9,12H,3-7H2,1-2H3,(H,13,15). The van der Waals surface area contributed by atoms with Gasteiger partial charge in [0.2, 0.25) is 5.89 Å². The molecule has 1 aliphatic carbocycles. The third-order valence-corrected chi connectivity index (χ3v) is 3.14. The molecule has 16 heavy (non-hydrogen) atoms. The third kappa shape index (κ3) is 2.95. The van der Waals surface area contributed by atoms with Crippen LogP contribution in [0.5, 0.6) is 0 Å². The van der Waals surface area contributed by atoms with Crippen LogP contribution in [-0.4, -0.2) is 23.3 Å². The van der Waals surface area contributed by atoms with Gasteiger partial charge < -0.3 is 15.1 Å². The van der Waals surface area contributed by atoms with Gasteiger partial charge in [-0.15, -0.1) is 5.10 Å². The Morgan fingerprint density at radius 2 is 2.00 bits per heavy atom. The van der Waals surface area contributed by atoms with Gasteiger partial charge in [-0.05, 0) is 38.6 Å². The molecule has 0 saturated heterocycles. The summed E-state index contributed by atoms with van der Waals surface area (Å²) in [6.07, 6.45) is 4.97. The van der Waals surface area contributed by atoms with Crippen molar-refractivity contribution in [3.05, 3.63) is 5.89 Å². The molecule has 90 valence electrons. The van der Waals surface area contributed by atoms with E-state index < -0.39 is 0 Å². The lowest BCUT2D eigenvalue weighted by Gasteiger charge is -2.25. The minimum Gasteiger partial charge on any atom is -0.407 e. The Morgan fingerprint density at radius 3 is 2.69 bits per heavy atom. The van der Waals surface area contributed by atoms with E-state index in [4.69, 9.17) is 4.42 Å². The summed E-state index contributed by atoms with van der Waals surface area (Å²) < 4.78 is 5.46. The van der Waals surface area contributed by atoms with E-state index in [9.17, 15) is 0 Å². The summed E-state index contributed by atoms with van der Waals surface area (Å²) in [7, 11) is 1.86. The topological polar surface area (TPSA) is 63.0 Å². The molecule has 1 saturated carbocycles. The lowest BCUT2D eigenvalue weighted by molar-refractivity contribution is 0.355. The van der Waals surface area contributed by atoms with Gasteiger partial charge in [0.1, 0.15) is 0 Å². The minimum absolute atomic E-state index is 0.499. The Labute approximate surface area is 96.0 Å². The van der Waals surface area contributed by atoms with E-state index >= 15 is 0 Å². The second kappa shape index (κ2) is 5.30. The van der Waals surface area contributed by atoms with Crippen LogP contribution < -0.4 is 10.6 Å². The molecular formula is C11H20N4O. The van der Waals surface area contributed by atoms with Crippen molar-refractivity contribution in [2.24, 2.45) is 5.92 Å². The highest BCUT2D eigenvalue weighted by Crippen LogP contribution is 2.25. The van der Waals surface area contributed by atoms with Gasteiger partial charge >= 0.3 is 6.01 Å². The van der Waals surface area contributed by atoms with Crippen LogP contribution in [0.25, 0.3) is 0 Å². The van der Waals surface area contributed by atoms with Gasteiger partial charge in [0.05, 0.1) is 6.54 Å². The van der Waals surface area contributed by atoms with Gasteiger partial charge in [0.25, 0.3) is 0 Å². The van der Waals surface area contributed by atoms with Crippen molar-refractivity contribution in [2.75, 3.05) is 12.4 Å². The lowest BCUT2D eigenvalue weighted by atomic mass is 9.87. The SMILES string of the molecule is CNCc1nnc(NC2CCC(C)CC2)o1. The highest BCUT2D eigenvalue weighted by atomic mass is 16.4. The maximum atomic E-state index is 5.46. The molecule has 0 amide bonds. The molecule has 1 heterocycles. The maximum absolute atomic E-state index is 5.46. The molecule has 2 N–H and O–H groups in total.